The molecule has 0 spiro atoms. The number of hydrogen-bond donors (Lipinski definition) is 3. The molecule has 0 saturated heterocycles. The molecule has 2 aromatic rings. The first kappa shape index (κ1) is 12.7. The largest absolute Gasteiger partial charge is 0.504 e. The van der Waals surface area contributed by atoms with Crippen LogP contribution >= 0.6 is 0 Å². The Labute approximate surface area is 109 Å². The first-order valence-corrected chi connectivity index (χ1v) is 5.56. The zero-order valence-corrected chi connectivity index (χ0v) is 9.91. The molecule has 0 heterocycles. The minimum absolute atomic E-state index is 0.0192. The summed E-state index contributed by atoms with van der Waals surface area (Å²) in [6, 6.07) is 10.6. The molecule has 98 valence electrons. The van der Waals surface area contributed by atoms with E-state index in [0.29, 0.717) is 17.8 Å². The van der Waals surface area contributed by atoms with Crippen molar-refractivity contribution in [1.82, 2.24) is 0 Å². The fourth-order valence-electron chi connectivity index (χ4n) is 1.62. The maximum Gasteiger partial charge on any atom is 0.269 e. The molecule has 19 heavy (non-hydrogen) atoms. The summed E-state index contributed by atoms with van der Waals surface area (Å²) in [7, 11) is 0. The minimum atomic E-state index is -0.467. The van der Waals surface area contributed by atoms with Crippen LogP contribution in [0.3, 0.4) is 0 Å². The van der Waals surface area contributed by atoms with Crippen molar-refractivity contribution in [3.05, 3.63) is 58.1 Å². The maximum atomic E-state index is 10.5. The smallest absolute Gasteiger partial charge is 0.269 e. The van der Waals surface area contributed by atoms with Crippen LogP contribution < -0.4 is 5.32 Å². The summed E-state index contributed by atoms with van der Waals surface area (Å²) in [6.45, 7) is 0.304. The van der Waals surface area contributed by atoms with Gasteiger partial charge in [0.1, 0.15) is 0 Å². The average molecular weight is 260 g/mol. The number of nitrogens with zero attached hydrogens (tertiary/aromatic N) is 1. The van der Waals surface area contributed by atoms with Gasteiger partial charge in [0.25, 0.3) is 5.69 Å². The molecule has 0 fully saturated rings. The number of nitrogens with one attached hydrogen (secondary N) is 1. The molecule has 0 aliphatic carbocycles. The van der Waals surface area contributed by atoms with E-state index in [9.17, 15) is 20.3 Å². The molecule has 6 heteroatoms. The lowest BCUT2D eigenvalue weighted by atomic mass is 10.2. The molecule has 0 atom stereocenters. The van der Waals surface area contributed by atoms with Gasteiger partial charge in [-0.25, -0.2) is 0 Å². The van der Waals surface area contributed by atoms with Crippen LogP contribution in [-0.4, -0.2) is 15.1 Å². The van der Waals surface area contributed by atoms with Gasteiger partial charge in [-0.3, -0.25) is 10.1 Å². The van der Waals surface area contributed by atoms with Crippen LogP contribution in [-0.2, 0) is 6.54 Å². The molecule has 2 rings (SSSR count). The summed E-state index contributed by atoms with van der Waals surface area (Å²) in [6.07, 6.45) is 0. The van der Waals surface area contributed by atoms with Crippen LogP contribution in [0.4, 0.5) is 11.4 Å². The number of anilines is 1. The van der Waals surface area contributed by atoms with Crippen molar-refractivity contribution in [3.8, 4) is 11.5 Å². The van der Waals surface area contributed by atoms with E-state index in [-0.39, 0.29) is 17.2 Å². The van der Waals surface area contributed by atoms with Gasteiger partial charge in [0.15, 0.2) is 11.5 Å². The van der Waals surface area contributed by atoms with Crippen molar-refractivity contribution in [2.75, 3.05) is 5.32 Å². The summed E-state index contributed by atoms with van der Waals surface area (Å²) in [5.74, 6) is -0.347. The Kier molecular flexibility index (Phi) is 3.51. The Bertz CT molecular complexity index is 596. The molecule has 0 saturated carbocycles. The quantitative estimate of drug-likeness (QED) is 0.446. The van der Waals surface area contributed by atoms with Gasteiger partial charge < -0.3 is 15.5 Å². The lowest BCUT2D eigenvalue weighted by molar-refractivity contribution is -0.384. The predicted molar refractivity (Wildman–Crippen MR) is 70.2 cm³/mol. The van der Waals surface area contributed by atoms with E-state index in [1.165, 1.54) is 18.2 Å². The van der Waals surface area contributed by atoms with Gasteiger partial charge in [-0.15, -0.1) is 0 Å². The third kappa shape index (κ3) is 2.92. The lowest BCUT2D eigenvalue weighted by Gasteiger charge is -2.08. The third-order valence-electron chi connectivity index (χ3n) is 2.66. The van der Waals surface area contributed by atoms with Crippen molar-refractivity contribution in [3.63, 3.8) is 0 Å². The van der Waals surface area contributed by atoms with Crippen LogP contribution in [0.25, 0.3) is 0 Å². The van der Waals surface area contributed by atoms with E-state index < -0.39 is 4.92 Å². The molecule has 0 aromatic heterocycles. The third-order valence-corrected chi connectivity index (χ3v) is 2.66. The second kappa shape index (κ2) is 5.26. The van der Waals surface area contributed by atoms with E-state index in [4.69, 9.17) is 0 Å². The first-order valence-electron chi connectivity index (χ1n) is 5.56. The number of aromatic hydroxyl groups is 2. The monoisotopic (exact) mass is 260 g/mol. The van der Waals surface area contributed by atoms with Crippen molar-refractivity contribution in [2.24, 2.45) is 0 Å². The molecular formula is C13H12N2O4. The molecule has 0 aliphatic rings. The predicted octanol–water partition coefficient (Wildman–Crippen LogP) is 2.62. The summed E-state index contributed by atoms with van der Waals surface area (Å²) < 4.78 is 0. The number of para-hydroxylation sites is 1. The summed E-state index contributed by atoms with van der Waals surface area (Å²) in [5, 5.41) is 32.5. The van der Waals surface area contributed by atoms with Crippen molar-refractivity contribution in [1.29, 1.82) is 0 Å². The number of benzene rings is 2. The average Bonchev–Trinajstić information content (AvgIpc) is 2.41. The number of nitro groups is 1. The molecular weight excluding hydrogens is 248 g/mol. The van der Waals surface area contributed by atoms with E-state index in [1.807, 2.05) is 0 Å². The highest BCUT2D eigenvalue weighted by molar-refractivity contribution is 5.51. The fraction of sp³-hybridized carbons (Fsp3) is 0.0769. The Balaban J connectivity index is 2.06. The van der Waals surface area contributed by atoms with E-state index >= 15 is 0 Å². The highest BCUT2D eigenvalue weighted by Crippen LogP contribution is 2.28. The molecule has 6 nitrogen and oxygen atoms in total. The Morgan fingerprint density at radius 3 is 2.42 bits per heavy atom. The number of phenols is 2. The van der Waals surface area contributed by atoms with Crippen LogP contribution in [0.1, 0.15) is 5.56 Å². The highest BCUT2D eigenvalue weighted by atomic mass is 16.6. The Morgan fingerprint density at radius 1 is 1.11 bits per heavy atom. The Hall–Kier alpha value is -2.76. The first-order chi connectivity index (χ1) is 9.08. The van der Waals surface area contributed by atoms with Gasteiger partial charge in [-0.1, -0.05) is 12.1 Å². The SMILES string of the molecule is O=[N+]([O-])c1ccc(NCc2cccc(O)c2O)cc1. The maximum absolute atomic E-state index is 10.5. The van der Waals surface area contributed by atoms with Gasteiger partial charge in [-0.05, 0) is 18.2 Å². The van der Waals surface area contributed by atoms with E-state index in [2.05, 4.69) is 5.32 Å². The van der Waals surface area contributed by atoms with Gasteiger partial charge in [0.2, 0.25) is 0 Å². The highest BCUT2D eigenvalue weighted by Gasteiger charge is 2.06. The number of phenolic OH excluding ortho intramolecular Hbond substituents is 2. The number of hydrogen-bond acceptors (Lipinski definition) is 5. The van der Waals surface area contributed by atoms with Gasteiger partial charge in [0.05, 0.1) is 4.92 Å². The number of nitro benzene ring substituents is 1. The van der Waals surface area contributed by atoms with Crippen LogP contribution in [0, 0.1) is 10.1 Å². The second-order valence-electron chi connectivity index (χ2n) is 3.94. The molecule has 3 N–H and O–H groups in total. The van der Waals surface area contributed by atoms with E-state index in [1.54, 1.807) is 24.3 Å². The summed E-state index contributed by atoms with van der Waals surface area (Å²) in [5.41, 5.74) is 1.25. The zero-order chi connectivity index (χ0) is 13.8. The van der Waals surface area contributed by atoms with Crippen molar-refractivity contribution < 1.29 is 15.1 Å². The van der Waals surface area contributed by atoms with Crippen molar-refractivity contribution >= 4 is 11.4 Å². The van der Waals surface area contributed by atoms with Gasteiger partial charge in [-0.2, -0.15) is 0 Å². The van der Waals surface area contributed by atoms with Crippen LogP contribution in [0.5, 0.6) is 11.5 Å². The number of rotatable bonds is 4. The standard InChI is InChI=1S/C13H12N2O4/c16-12-3-1-2-9(13(12)17)8-14-10-4-6-11(7-5-10)15(18)19/h1-7,14,16-17H,8H2. The summed E-state index contributed by atoms with van der Waals surface area (Å²) >= 11 is 0. The minimum Gasteiger partial charge on any atom is -0.504 e. The fourth-order valence-corrected chi connectivity index (χ4v) is 1.62. The van der Waals surface area contributed by atoms with Crippen molar-refractivity contribution in [2.45, 2.75) is 6.54 Å². The molecule has 0 radical (unpaired) electrons. The molecule has 0 amide bonds. The summed E-state index contributed by atoms with van der Waals surface area (Å²) in [4.78, 5) is 10.0. The van der Waals surface area contributed by atoms with Crippen LogP contribution in [0.2, 0.25) is 0 Å². The zero-order valence-electron chi connectivity index (χ0n) is 9.91. The van der Waals surface area contributed by atoms with E-state index in [0.717, 1.165) is 0 Å². The topological polar surface area (TPSA) is 95.6 Å². The Morgan fingerprint density at radius 2 is 1.79 bits per heavy atom. The number of non-ortho nitro benzene ring substituents is 1. The van der Waals surface area contributed by atoms with Gasteiger partial charge in [0, 0.05) is 29.9 Å². The molecule has 0 bridgehead atoms. The molecule has 2 aromatic carbocycles. The normalized spacial score (nSPS) is 10.1. The van der Waals surface area contributed by atoms with Crippen LogP contribution in [0.15, 0.2) is 42.5 Å². The van der Waals surface area contributed by atoms with Gasteiger partial charge >= 0.3 is 0 Å². The molecule has 0 unspecified atom stereocenters. The second-order valence-corrected chi connectivity index (χ2v) is 3.94. The molecule has 0 aliphatic heterocycles. The lowest BCUT2D eigenvalue weighted by Crippen LogP contribution is -1.99.